The molecule has 3 rings (SSSR count). The van der Waals surface area contributed by atoms with Gasteiger partial charge in [0.15, 0.2) is 11.5 Å². The molecular formula is C15H10O2. The van der Waals surface area contributed by atoms with Crippen molar-refractivity contribution in [2.75, 3.05) is 0 Å². The summed E-state index contributed by atoms with van der Waals surface area (Å²) in [5.41, 5.74) is 4.43. The minimum Gasteiger partial charge on any atom is -0.501 e. The monoisotopic (exact) mass is 222 g/mol. The van der Waals surface area contributed by atoms with E-state index < -0.39 is 0 Å². The Morgan fingerprint density at radius 3 is 2.41 bits per heavy atom. The molecule has 0 radical (unpaired) electrons. The first kappa shape index (κ1) is 9.76. The molecule has 17 heavy (non-hydrogen) atoms. The lowest BCUT2D eigenvalue weighted by atomic mass is 10.1. The molecule has 1 N–H and O–H groups in total. The lowest BCUT2D eigenvalue weighted by Gasteiger charge is -2.15. The highest BCUT2D eigenvalue weighted by Gasteiger charge is 2.15. The van der Waals surface area contributed by atoms with E-state index >= 15 is 0 Å². The number of para-hydroxylation sites is 1. The zero-order valence-electron chi connectivity index (χ0n) is 9.05. The largest absolute Gasteiger partial charge is 0.501 e. The van der Waals surface area contributed by atoms with Gasteiger partial charge in [-0.2, -0.15) is 0 Å². The molecule has 82 valence electrons. The van der Waals surface area contributed by atoms with Gasteiger partial charge in [0.1, 0.15) is 5.75 Å². The molecule has 0 aliphatic carbocycles. The van der Waals surface area contributed by atoms with Crippen LogP contribution in [0.4, 0.5) is 0 Å². The van der Waals surface area contributed by atoms with E-state index in [4.69, 9.17) is 4.74 Å². The molecule has 0 fully saturated rings. The first-order valence-electron chi connectivity index (χ1n) is 5.37. The zero-order chi connectivity index (χ0) is 11.7. The number of benzene rings is 2. The minimum absolute atomic E-state index is 0.116. The molecule has 0 saturated heterocycles. The smallest absolute Gasteiger partial charge is 0.180 e. The van der Waals surface area contributed by atoms with Gasteiger partial charge in [0.2, 0.25) is 0 Å². The third-order valence-corrected chi connectivity index (χ3v) is 2.62. The molecule has 0 aromatic heterocycles. The number of aliphatic hydroxyl groups excluding tert-OH is 1. The SMILES string of the molecule is OC1=C=C(c2ccccc2)Oc2ccccc21. The summed E-state index contributed by atoms with van der Waals surface area (Å²) in [6.07, 6.45) is 0. The summed E-state index contributed by atoms with van der Waals surface area (Å²) in [4.78, 5) is 0. The molecule has 2 nitrogen and oxygen atoms in total. The standard InChI is InChI=1S/C15H10O2/c16-13-10-15(11-6-2-1-3-7-11)17-14-9-5-4-8-12(13)14/h1-9,16H. The predicted octanol–water partition coefficient (Wildman–Crippen LogP) is 3.62. The second-order valence-electron chi connectivity index (χ2n) is 3.77. The van der Waals surface area contributed by atoms with Gasteiger partial charge in [0.05, 0.1) is 5.56 Å². The summed E-state index contributed by atoms with van der Waals surface area (Å²) in [6, 6.07) is 17.0. The first-order chi connectivity index (χ1) is 8.34. The summed E-state index contributed by atoms with van der Waals surface area (Å²) in [5.74, 6) is 1.31. The number of fused-ring (bicyclic) bond motifs is 1. The van der Waals surface area contributed by atoms with Crippen LogP contribution >= 0.6 is 0 Å². The zero-order valence-corrected chi connectivity index (χ0v) is 9.05. The van der Waals surface area contributed by atoms with E-state index in [-0.39, 0.29) is 5.76 Å². The molecular weight excluding hydrogens is 212 g/mol. The van der Waals surface area contributed by atoms with Crippen LogP contribution in [0.5, 0.6) is 5.75 Å². The maximum atomic E-state index is 9.90. The average molecular weight is 222 g/mol. The quantitative estimate of drug-likeness (QED) is 0.747. The maximum absolute atomic E-state index is 9.90. The molecule has 0 saturated carbocycles. The Morgan fingerprint density at radius 1 is 0.882 bits per heavy atom. The summed E-state index contributed by atoms with van der Waals surface area (Å²) >= 11 is 0. The molecule has 2 aromatic carbocycles. The second-order valence-corrected chi connectivity index (χ2v) is 3.77. The molecule has 0 amide bonds. The summed E-state index contributed by atoms with van der Waals surface area (Å²) in [7, 11) is 0. The Kier molecular flexibility index (Phi) is 2.21. The van der Waals surface area contributed by atoms with E-state index in [1.54, 1.807) is 6.07 Å². The van der Waals surface area contributed by atoms with Crippen LogP contribution in [0.3, 0.4) is 0 Å². The fraction of sp³-hybridized carbons (Fsp3) is 0. The van der Waals surface area contributed by atoms with E-state index in [0.717, 1.165) is 5.56 Å². The van der Waals surface area contributed by atoms with E-state index in [2.05, 4.69) is 5.73 Å². The van der Waals surface area contributed by atoms with Gasteiger partial charge < -0.3 is 9.84 Å². The third-order valence-electron chi connectivity index (χ3n) is 2.62. The number of rotatable bonds is 1. The van der Waals surface area contributed by atoms with Gasteiger partial charge in [-0.1, -0.05) is 42.5 Å². The van der Waals surface area contributed by atoms with Crippen molar-refractivity contribution in [3.8, 4) is 5.75 Å². The van der Waals surface area contributed by atoms with Gasteiger partial charge in [-0.05, 0) is 17.9 Å². The maximum Gasteiger partial charge on any atom is 0.180 e. The van der Waals surface area contributed by atoms with Crippen LogP contribution < -0.4 is 4.74 Å². The highest BCUT2D eigenvalue weighted by Crippen LogP contribution is 2.32. The van der Waals surface area contributed by atoms with Crippen LogP contribution in [0.25, 0.3) is 11.5 Å². The van der Waals surface area contributed by atoms with Crippen LogP contribution in [-0.2, 0) is 0 Å². The molecule has 1 aliphatic heterocycles. The first-order valence-corrected chi connectivity index (χ1v) is 5.37. The van der Waals surface area contributed by atoms with Crippen molar-refractivity contribution in [3.63, 3.8) is 0 Å². The fourth-order valence-corrected chi connectivity index (χ4v) is 1.78. The number of ether oxygens (including phenoxy) is 1. The Balaban J connectivity index is 2.15. The minimum atomic E-state index is 0.116. The van der Waals surface area contributed by atoms with Crippen molar-refractivity contribution in [1.29, 1.82) is 0 Å². The van der Waals surface area contributed by atoms with E-state index in [0.29, 0.717) is 17.1 Å². The van der Waals surface area contributed by atoms with E-state index in [9.17, 15) is 5.11 Å². The summed E-state index contributed by atoms with van der Waals surface area (Å²) < 4.78 is 5.71. The van der Waals surface area contributed by atoms with Gasteiger partial charge in [-0.3, -0.25) is 0 Å². The van der Waals surface area contributed by atoms with E-state index in [1.807, 2.05) is 48.5 Å². The van der Waals surface area contributed by atoms with Gasteiger partial charge in [0, 0.05) is 5.56 Å². The fourth-order valence-electron chi connectivity index (χ4n) is 1.78. The van der Waals surface area contributed by atoms with Crippen molar-refractivity contribution in [3.05, 3.63) is 71.5 Å². The van der Waals surface area contributed by atoms with Crippen molar-refractivity contribution in [2.45, 2.75) is 0 Å². The molecule has 0 bridgehead atoms. The number of hydrogen-bond acceptors (Lipinski definition) is 2. The number of aliphatic hydroxyl groups is 1. The Bertz CT molecular complexity index is 620. The molecule has 0 unspecified atom stereocenters. The lowest BCUT2D eigenvalue weighted by Crippen LogP contribution is -2.01. The molecule has 2 heteroatoms. The molecule has 2 aromatic rings. The van der Waals surface area contributed by atoms with Crippen LogP contribution in [-0.4, -0.2) is 5.11 Å². The van der Waals surface area contributed by atoms with Crippen LogP contribution in [0, 0.1) is 0 Å². The van der Waals surface area contributed by atoms with Gasteiger partial charge in [0.25, 0.3) is 0 Å². The topological polar surface area (TPSA) is 29.5 Å². The molecule has 0 atom stereocenters. The predicted molar refractivity (Wildman–Crippen MR) is 66.5 cm³/mol. The van der Waals surface area contributed by atoms with Crippen LogP contribution in [0.1, 0.15) is 11.1 Å². The Labute approximate surface area is 99.1 Å². The Hall–Kier alpha value is -2.44. The summed E-state index contributed by atoms with van der Waals surface area (Å²) in [5, 5.41) is 9.90. The van der Waals surface area contributed by atoms with Gasteiger partial charge in [-0.25, -0.2) is 0 Å². The lowest BCUT2D eigenvalue weighted by molar-refractivity contribution is 0.474. The van der Waals surface area contributed by atoms with Gasteiger partial charge in [-0.15, -0.1) is 0 Å². The molecule has 1 aliphatic rings. The van der Waals surface area contributed by atoms with E-state index in [1.165, 1.54) is 0 Å². The highest BCUT2D eigenvalue weighted by atomic mass is 16.5. The second kappa shape index (κ2) is 3.85. The van der Waals surface area contributed by atoms with Gasteiger partial charge >= 0.3 is 0 Å². The van der Waals surface area contributed by atoms with Crippen LogP contribution in [0.15, 0.2) is 60.3 Å². The highest BCUT2D eigenvalue weighted by molar-refractivity contribution is 5.76. The van der Waals surface area contributed by atoms with Crippen molar-refractivity contribution in [2.24, 2.45) is 0 Å². The normalized spacial score (nSPS) is 13.2. The number of hydrogen-bond donors (Lipinski definition) is 1. The summed E-state index contributed by atoms with van der Waals surface area (Å²) in [6.45, 7) is 0. The van der Waals surface area contributed by atoms with Crippen molar-refractivity contribution >= 4 is 11.5 Å². The average Bonchev–Trinajstić information content (AvgIpc) is 2.40. The third kappa shape index (κ3) is 1.71. The molecule has 1 heterocycles. The van der Waals surface area contributed by atoms with Crippen molar-refractivity contribution < 1.29 is 9.84 Å². The van der Waals surface area contributed by atoms with Crippen LogP contribution in [0.2, 0.25) is 0 Å². The molecule has 0 spiro atoms. The van der Waals surface area contributed by atoms with Crippen molar-refractivity contribution in [1.82, 2.24) is 0 Å². The Morgan fingerprint density at radius 2 is 1.59 bits per heavy atom.